The lowest BCUT2D eigenvalue weighted by atomic mass is 9.55. The van der Waals surface area contributed by atoms with Crippen LogP contribution in [-0.2, 0) is 4.79 Å². The molecule has 4 unspecified atom stereocenters. The highest BCUT2D eigenvalue weighted by Crippen LogP contribution is 2.53. The van der Waals surface area contributed by atoms with E-state index in [0.717, 1.165) is 18.8 Å². The molecule has 16 heavy (non-hydrogen) atoms. The fourth-order valence-corrected chi connectivity index (χ4v) is 3.75. The van der Waals surface area contributed by atoms with Crippen molar-refractivity contribution in [3.05, 3.63) is 12.2 Å². The number of fused-ring (bicyclic) bond motifs is 1. The molecule has 2 saturated carbocycles. The van der Waals surface area contributed by atoms with Crippen molar-refractivity contribution in [1.29, 1.82) is 0 Å². The maximum Gasteiger partial charge on any atom is 0.136 e. The number of allylic oxidation sites excluding steroid dienone is 1. The van der Waals surface area contributed by atoms with E-state index in [1.165, 1.54) is 24.8 Å². The summed E-state index contributed by atoms with van der Waals surface area (Å²) in [5.41, 5.74) is 1.58. The van der Waals surface area contributed by atoms with Crippen molar-refractivity contribution >= 4 is 5.78 Å². The van der Waals surface area contributed by atoms with E-state index in [1.807, 2.05) is 0 Å². The standard InChI is InChI=1S/C15H24O/c1-10(2)12-5-6-13-7-11(3)14(16)9-15(13,4)8-12/h11-13H,1,5-9H2,2-4H3. The van der Waals surface area contributed by atoms with Crippen molar-refractivity contribution in [3.8, 4) is 0 Å². The van der Waals surface area contributed by atoms with Crippen LogP contribution >= 0.6 is 0 Å². The second kappa shape index (κ2) is 4.01. The van der Waals surface area contributed by atoms with Gasteiger partial charge in [0.25, 0.3) is 0 Å². The maximum atomic E-state index is 11.9. The van der Waals surface area contributed by atoms with Crippen LogP contribution in [-0.4, -0.2) is 5.78 Å². The molecule has 0 spiro atoms. The first-order valence-corrected chi connectivity index (χ1v) is 6.60. The third-order valence-electron chi connectivity index (χ3n) is 5.02. The van der Waals surface area contributed by atoms with Crippen LogP contribution in [0.15, 0.2) is 12.2 Å². The van der Waals surface area contributed by atoms with E-state index in [9.17, 15) is 4.79 Å². The highest BCUT2D eigenvalue weighted by atomic mass is 16.1. The van der Waals surface area contributed by atoms with Gasteiger partial charge in [-0.2, -0.15) is 0 Å². The monoisotopic (exact) mass is 220 g/mol. The largest absolute Gasteiger partial charge is 0.299 e. The number of hydrogen-bond donors (Lipinski definition) is 0. The van der Waals surface area contributed by atoms with Crippen molar-refractivity contribution in [3.63, 3.8) is 0 Å². The SMILES string of the molecule is C=C(C)C1CCC2CC(C)C(=O)CC2(C)C1. The van der Waals surface area contributed by atoms with Gasteiger partial charge in [-0.15, -0.1) is 0 Å². The van der Waals surface area contributed by atoms with Gasteiger partial charge in [-0.05, 0) is 49.9 Å². The highest BCUT2D eigenvalue weighted by molar-refractivity contribution is 5.82. The molecule has 2 fully saturated rings. The highest BCUT2D eigenvalue weighted by Gasteiger charge is 2.46. The summed E-state index contributed by atoms with van der Waals surface area (Å²) in [6.45, 7) is 10.7. The lowest BCUT2D eigenvalue weighted by Crippen LogP contribution is -2.43. The topological polar surface area (TPSA) is 17.1 Å². The minimum atomic E-state index is 0.269. The second-order valence-electron chi connectivity index (χ2n) is 6.46. The minimum absolute atomic E-state index is 0.269. The van der Waals surface area contributed by atoms with Gasteiger partial charge in [-0.25, -0.2) is 0 Å². The summed E-state index contributed by atoms with van der Waals surface area (Å²) in [4.78, 5) is 11.9. The maximum absolute atomic E-state index is 11.9. The van der Waals surface area contributed by atoms with Crippen molar-refractivity contribution in [2.75, 3.05) is 0 Å². The van der Waals surface area contributed by atoms with E-state index in [1.54, 1.807) is 0 Å². The molecule has 0 amide bonds. The average Bonchev–Trinajstić information content (AvgIpc) is 2.19. The molecule has 0 N–H and O–H groups in total. The van der Waals surface area contributed by atoms with Crippen molar-refractivity contribution < 1.29 is 4.79 Å². The molecule has 0 aromatic carbocycles. The van der Waals surface area contributed by atoms with Gasteiger partial charge in [0, 0.05) is 12.3 Å². The second-order valence-corrected chi connectivity index (χ2v) is 6.46. The molecule has 1 heteroatoms. The first-order chi connectivity index (χ1) is 7.42. The number of Topliss-reactive ketones (excluding diaryl/α,β-unsaturated/α-hetero) is 1. The van der Waals surface area contributed by atoms with Crippen molar-refractivity contribution in [2.45, 2.75) is 52.9 Å². The average molecular weight is 220 g/mol. The molecule has 0 aromatic heterocycles. The van der Waals surface area contributed by atoms with Crippen molar-refractivity contribution in [1.82, 2.24) is 0 Å². The van der Waals surface area contributed by atoms with E-state index >= 15 is 0 Å². The smallest absolute Gasteiger partial charge is 0.136 e. The molecule has 1 nitrogen and oxygen atoms in total. The molecule has 0 aliphatic heterocycles. The molecule has 2 rings (SSSR count). The zero-order chi connectivity index (χ0) is 11.9. The Hall–Kier alpha value is -0.590. The summed E-state index contributed by atoms with van der Waals surface area (Å²) in [6.07, 6.45) is 5.70. The van der Waals surface area contributed by atoms with Crippen LogP contribution in [0, 0.1) is 23.2 Å². The van der Waals surface area contributed by atoms with Gasteiger partial charge in [-0.3, -0.25) is 4.79 Å². The Labute approximate surface area is 99.3 Å². The molecule has 0 radical (unpaired) electrons. The van der Waals surface area contributed by atoms with Crippen LogP contribution in [0.3, 0.4) is 0 Å². The zero-order valence-electron chi connectivity index (χ0n) is 10.9. The molecule has 2 aliphatic carbocycles. The van der Waals surface area contributed by atoms with Gasteiger partial charge in [0.15, 0.2) is 0 Å². The van der Waals surface area contributed by atoms with Crippen LogP contribution in [0.1, 0.15) is 52.9 Å². The fraction of sp³-hybridized carbons (Fsp3) is 0.800. The van der Waals surface area contributed by atoms with Crippen LogP contribution in [0.25, 0.3) is 0 Å². The number of ketones is 1. The molecular weight excluding hydrogens is 196 g/mol. The number of carbonyl (C=O) groups is 1. The van der Waals surface area contributed by atoms with E-state index in [-0.39, 0.29) is 5.41 Å². The lowest BCUT2D eigenvalue weighted by Gasteiger charge is -2.49. The molecule has 4 atom stereocenters. The Kier molecular flexibility index (Phi) is 2.98. The summed E-state index contributed by atoms with van der Waals surface area (Å²) >= 11 is 0. The van der Waals surface area contributed by atoms with E-state index in [2.05, 4.69) is 27.4 Å². The molecule has 0 heterocycles. The van der Waals surface area contributed by atoms with E-state index < -0.39 is 0 Å². The third kappa shape index (κ3) is 1.97. The van der Waals surface area contributed by atoms with Gasteiger partial charge in [0.1, 0.15) is 5.78 Å². The van der Waals surface area contributed by atoms with Crippen LogP contribution < -0.4 is 0 Å². The van der Waals surface area contributed by atoms with Gasteiger partial charge in [0.2, 0.25) is 0 Å². The van der Waals surface area contributed by atoms with Gasteiger partial charge < -0.3 is 0 Å². The minimum Gasteiger partial charge on any atom is -0.299 e. The number of rotatable bonds is 1. The Bertz CT molecular complexity index is 317. The molecule has 2 aliphatic rings. The Balaban J connectivity index is 2.15. The Morgan fingerprint density at radius 3 is 2.75 bits per heavy atom. The first kappa shape index (κ1) is 11.9. The molecular formula is C15H24O. The normalized spacial score (nSPS) is 43.9. The summed E-state index contributed by atoms with van der Waals surface area (Å²) in [6, 6.07) is 0. The Morgan fingerprint density at radius 2 is 2.12 bits per heavy atom. The molecule has 0 aromatic rings. The van der Waals surface area contributed by atoms with Gasteiger partial charge >= 0.3 is 0 Å². The third-order valence-corrected chi connectivity index (χ3v) is 5.02. The Morgan fingerprint density at radius 1 is 1.44 bits per heavy atom. The number of hydrogen-bond acceptors (Lipinski definition) is 1. The predicted octanol–water partition coefficient (Wildman–Crippen LogP) is 3.98. The number of carbonyl (C=O) groups excluding carboxylic acids is 1. The van der Waals surface area contributed by atoms with Gasteiger partial charge in [0.05, 0.1) is 0 Å². The predicted molar refractivity (Wildman–Crippen MR) is 67.2 cm³/mol. The first-order valence-electron chi connectivity index (χ1n) is 6.60. The molecule has 90 valence electrons. The summed E-state index contributed by atoms with van der Waals surface area (Å²) in [7, 11) is 0. The van der Waals surface area contributed by atoms with E-state index in [4.69, 9.17) is 0 Å². The van der Waals surface area contributed by atoms with Gasteiger partial charge in [-0.1, -0.05) is 26.0 Å². The van der Waals surface area contributed by atoms with E-state index in [0.29, 0.717) is 17.6 Å². The van der Waals surface area contributed by atoms with Crippen LogP contribution in [0.4, 0.5) is 0 Å². The van der Waals surface area contributed by atoms with Crippen LogP contribution in [0.2, 0.25) is 0 Å². The lowest BCUT2D eigenvalue weighted by molar-refractivity contribution is -0.132. The summed E-state index contributed by atoms with van der Waals surface area (Å²) in [5.74, 6) is 2.22. The summed E-state index contributed by atoms with van der Waals surface area (Å²) in [5, 5.41) is 0. The molecule has 0 saturated heterocycles. The van der Waals surface area contributed by atoms with Crippen LogP contribution in [0.5, 0.6) is 0 Å². The zero-order valence-corrected chi connectivity index (χ0v) is 10.9. The fourth-order valence-electron chi connectivity index (χ4n) is 3.75. The van der Waals surface area contributed by atoms with Crippen molar-refractivity contribution in [2.24, 2.45) is 23.2 Å². The quantitative estimate of drug-likeness (QED) is 0.611. The summed E-state index contributed by atoms with van der Waals surface area (Å²) < 4.78 is 0. The molecule has 0 bridgehead atoms.